The number of halogens is 1. The normalized spacial score (nSPS) is 14.5. The first kappa shape index (κ1) is 13.7. The summed E-state index contributed by atoms with van der Waals surface area (Å²) in [6.07, 6.45) is 0. The number of rotatable bonds is 4. The number of hydrogen-bond donors (Lipinski definition) is 3. The number of nitrogen functional groups attached to an aromatic ring is 1. The SMILES string of the molecule is N#Cc1c(NC2CNC2)nn(Cc2ccc(Cl)cc2)c1N. The second kappa shape index (κ2) is 5.64. The average molecular weight is 303 g/mol. The molecular formula is C14H15ClN6. The molecule has 108 valence electrons. The summed E-state index contributed by atoms with van der Waals surface area (Å²) in [7, 11) is 0. The van der Waals surface area contributed by atoms with Crippen LogP contribution in [0.3, 0.4) is 0 Å². The first-order chi connectivity index (χ1) is 10.2. The summed E-state index contributed by atoms with van der Waals surface area (Å²) in [6.45, 7) is 2.24. The Hall–Kier alpha value is -2.23. The highest BCUT2D eigenvalue weighted by molar-refractivity contribution is 6.30. The summed E-state index contributed by atoms with van der Waals surface area (Å²) in [5, 5.41) is 20.8. The van der Waals surface area contributed by atoms with Gasteiger partial charge in [-0.3, -0.25) is 0 Å². The van der Waals surface area contributed by atoms with E-state index in [0.717, 1.165) is 18.7 Å². The third kappa shape index (κ3) is 2.79. The second-order valence-electron chi connectivity index (χ2n) is 5.00. The zero-order valence-electron chi connectivity index (χ0n) is 11.3. The van der Waals surface area contributed by atoms with Crippen LogP contribution in [0.15, 0.2) is 24.3 Å². The van der Waals surface area contributed by atoms with Gasteiger partial charge in [0.1, 0.15) is 17.5 Å². The predicted octanol–water partition coefficient (Wildman–Crippen LogP) is 1.42. The Bertz CT molecular complexity index is 681. The molecule has 3 rings (SSSR count). The van der Waals surface area contributed by atoms with E-state index in [0.29, 0.717) is 34.8 Å². The number of nitriles is 1. The van der Waals surface area contributed by atoms with Gasteiger partial charge >= 0.3 is 0 Å². The van der Waals surface area contributed by atoms with Crippen LogP contribution in [0.2, 0.25) is 5.02 Å². The molecule has 0 radical (unpaired) electrons. The lowest BCUT2D eigenvalue weighted by Gasteiger charge is -2.27. The quantitative estimate of drug-likeness (QED) is 0.794. The Kier molecular flexibility index (Phi) is 3.69. The molecule has 1 aromatic carbocycles. The van der Waals surface area contributed by atoms with Crippen molar-refractivity contribution in [2.75, 3.05) is 24.1 Å². The molecule has 0 spiro atoms. The Morgan fingerprint density at radius 1 is 1.43 bits per heavy atom. The van der Waals surface area contributed by atoms with E-state index in [1.165, 1.54) is 0 Å². The number of nitrogens with one attached hydrogen (secondary N) is 2. The zero-order valence-corrected chi connectivity index (χ0v) is 12.1. The maximum absolute atomic E-state index is 9.26. The van der Waals surface area contributed by atoms with Gasteiger partial charge < -0.3 is 16.4 Å². The highest BCUT2D eigenvalue weighted by Crippen LogP contribution is 2.23. The van der Waals surface area contributed by atoms with Gasteiger partial charge in [0.2, 0.25) is 0 Å². The van der Waals surface area contributed by atoms with Crippen LogP contribution in [-0.4, -0.2) is 28.9 Å². The molecule has 0 bridgehead atoms. The summed E-state index contributed by atoms with van der Waals surface area (Å²) >= 11 is 5.87. The average Bonchev–Trinajstić information content (AvgIpc) is 2.72. The van der Waals surface area contributed by atoms with Gasteiger partial charge in [-0.2, -0.15) is 10.4 Å². The first-order valence-electron chi connectivity index (χ1n) is 6.65. The number of hydrogen-bond acceptors (Lipinski definition) is 5. The van der Waals surface area contributed by atoms with E-state index in [1.54, 1.807) is 4.68 Å². The van der Waals surface area contributed by atoms with Crippen LogP contribution in [0.5, 0.6) is 0 Å². The van der Waals surface area contributed by atoms with Crippen molar-refractivity contribution in [1.82, 2.24) is 15.1 Å². The number of nitrogens with two attached hydrogens (primary N) is 1. The van der Waals surface area contributed by atoms with E-state index < -0.39 is 0 Å². The standard InChI is InChI=1S/C14H15ClN6/c15-10-3-1-9(2-4-10)8-21-13(17)12(5-16)14(20-21)19-11-6-18-7-11/h1-4,11,18H,6-8,17H2,(H,19,20). The molecule has 1 fully saturated rings. The molecule has 1 saturated heterocycles. The van der Waals surface area contributed by atoms with Crippen molar-refractivity contribution < 1.29 is 0 Å². The molecule has 2 aromatic rings. The van der Waals surface area contributed by atoms with Gasteiger partial charge in [0, 0.05) is 18.1 Å². The monoisotopic (exact) mass is 302 g/mol. The maximum Gasteiger partial charge on any atom is 0.168 e. The van der Waals surface area contributed by atoms with Crippen LogP contribution in [0.4, 0.5) is 11.6 Å². The number of benzene rings is 1. The molecule has 1 aromatic heterocycles. The van der Waals surface area contributed by atoms with Gasteiger partial charge in [-0.05, 0) is 17.7 Å². The molecule has 1 aliphatic rings. The Labute approximate surface area is 127 Å². The fourth-order valence-electron chi connectivity index (χ4n) is 2.15. The molecule has 0 unspecified atom stereocenters. The minimum atomic E-state index is 0.301. The fraction of sp³-hybridized carbons (Fsp3) is 0.286. The molecule has 21 heavy (non-hydrogen) atoms. The van der Waals surface area contributed by atoms with E-state index in [4.69, 9.17) is 17.3 Å². The van der Waals surface area contributed by atoms with Gasteiger partial charge in [-0.15, -0.1) is 0 Å². The van der Waals surface area contributed by atoms with Gasteiger partial charge in [-0.25, -0.2) is 4.68 Å². The third-order valence-electron chi connectivity index (χ3n) is 3.47. The van der Waals surface area contributed by atoms with E-state index in [2.05, 4.69) is 21.8 Å². The highest BCUT2D eigenvalue weighted by Gasteiger charge is 2.22. The summed E-state index contributed by atoms with van der Waals surface area (Å²) in [6, 6.07) is 9.89. The first-order valence-corrected chi connectivity index (χ1v) is 7.03. The largest absolute Gasteiger partial charge is 0.383 e. The lowest BCUT2D eigenvalue weighted by Crippen LogP contribution is -2.51. The van der Waals surface area contributed by atoms with Crippen LogP contribution < -0.4 is 16.4 Å². The van der Waals surface area contributed by atoms with Gasteiger partial charge in [0.15, 0.2) is 5.82 Å². The minimum Gasteiger partial charge on any atom is -0.383 e. The van der Waals surface area contributed by atoms with Crippen molar-refractivity contribution in [3.05, 3.63) is 40.4 Å². The van der Waals surface area contributed by atoms with Crippen molar-refractivity contribution in [3.63, 3.8) is 0 Å². The van der Waals surface area contributed by atoms with Crippen molar-refractivity contribution >= 4 is 23.2 Å². The van der Waals surface area contributed by atoms with E-state index in [9.17, 15) is 5.26 Å². The second-order valence-corrected chi connectivity index (χ2v) is 5.44. The summed E-state index contributed by atoms with van der Waals surface area (Å²) < 4.78 is 1.64. The lowest BCUT2D eigenvalue weighted by molar-refractivity contribution is 0.470. The van der Waals surface area contributed by atoms with Crippen LogP contribution in [-0.2, 0) is 6.54 Å². The maximum atomic E-state index is 9.26. The molecular weight excluding hydrogens is 288 g/mol. The van der Waals surface area contributed by atoms with Gasteiger partial charge in [0.25, 0.3) is 0 Å². The highest BCUT2D eigenvalue weighted by atomic mass is 35.5. The molecule has 7 heteroatoms. The van der Waals surface area contributed by atoms with Crippen LogP contribution in [0.25, 0.3) is 0 Å². The minimum absolute atomic E-state index is 0.301. The van der Waals surface area contributed by atoms with E-state index in [1.807, 2.05) is 24.3 Å². The van der Waals surface area contributed by atoms with E-state index in [-0.39, 0.29) is 0 Å². The van der Waals surface area contributed by atoms with Crippen LogP contribution in [0.1, 0.15) is 11.1 Å². The molecule has 4 N–H and O–H groups in total. The Morgan fingerprint density at radius 3 is 2.71 bits per heavy atom. The molecule has 0 saturated carbocycles. The summed E-state index contributed by atoms with van der Waals surface area (Å²) in [4.78, 5) is 0. The zero-order chi connectivity index (χ0) is 14.8. The van der Waals surface area contributed by atoms with Crippen molar-refractivity contribution in [3.8, 4) is 6.07 Å². The van der Waals surface area contributed by atoms with Gasteiger partial charge in [-0.1, -0.05) is 23.7 Å². The molecule has 0 atom stereocenters. The van der Waals surface area contributed by atoms with Crippen LogP contribution >= 0.6 is 11.6 Å². The molecule has 0 amide bonds. The van der Waals surface area contributed by atoms with Crippen molar-refractivity contribution in [1.29, 1.82) is 5.26 Å². The number of nitrogens with zero attached hydrogens (tertiary/aromatic N) is 3. The van der Waals surface area contributed by atoms with Crippen molar-refractivity contribution in [2.45, 2.75) is 12.6 Å². The summed E-state index contributed by atoms with van der Waals surface area (Å²) in [5.74, 6) is 0.928. The molecule has 2 heterocycles. The smallest absolute Gasteiger partial charge is 0.168 e. The fourth-order valence-corrected chi connectivity index (χ4v) is 2.28. The third-order valence-corrected chi connectivity index (χ3v) is 3.72. The topological polar surface area (TPSA) is 91.7 Å². The Morgan fingerprint density at radius 2 is 2.14 bits per heavy atom. The summed E-state index contributed by atoms with van der Waals surface area (Å²) in [5.41, 5.74) is 7.45. The number of anilines is 2. The van der Waals surface area contributed by atoms with Crippen LogP contribution in [0, 0.1) is 11.3 Å². The van der Waals surface area contributed by atoms with E-state index >= 15 is 0 Å². The number of aromatic nitrogens is 2. The Balaban J connectivity index is 1.84. The lowest BCUT2D eigenvalue weighted by atomic mass is 10.2. The predicted molar refractivity (Wildman–Crippen MR) is 82.2 cm³/mol. The van der Waals surface area contributed by atoms with Crippen molar-refractivity contribution in [2.24, 2.45) is 0 Å². The molecule has 1 aliphatic heterocycles. The molecule has 6 nitrogen and oxygen atoms in total. The van der Waals surface area contributed by atoms with Gasteiger partial charge in [0.05, 0.1) is 12.6 Å². The molecule has 0 aliphatic carbocycles.